The Morgan fingerprint density at radius 2 is 2.24 bits per heavy atom. The number of hydrogen-bond donors (Lipinski definition) is 2. The molecule has 7 nitrogen and oxygen atoms in total. The first-order chi connectivity index (χ1) is 15.9. The highest BCUT2D eigenvalue weighted by Crippen LogP contribution is 2.28. The number of aliphatic hydroxyl groups excluding tert-OH is 1. The lowest BCUT2D eigenvalue weighted by Crippen LogP contribution is -2.41. The molecule has 3 atom stereocenters. The van der Waals surface area contributed by atoms with Crippen molar-refractivity contribution in [2.45, 2.75) is 38.0 Å². The van der Waals surface area contributed by atoms with Gasteiger partial charge < -0.3 is 14.9 Å². The number of ether oxygens (including phenoxy) is 1. The third-order valence-corrected chi connectivity index (χ3v) is 6.77. The summed E-state index contributed by atoms with van der Waals surface area (Å²) in [6.45, 7) is 9.06. The topological polar surface area (TPSA) is 85.6 Å². The van der Waals surface area contributed by atoms with Gasteiger partial charge in [-0.05, 0) is 56.5 Å². The first-order valence-corrected chi connectivity index (χ1v) is 12.2. The number of carbonyl (C=O) groups is 1. The van der Waals surface area contributed by atoms with Gasteiger partial charge in [0.05, 0.1) is 18.3 Å². The molecule has 2 aliphatic rings. The van der Waals surface area contributed by atoms with Crippen molar-refractivity contribution in [3.05, 3.63) is 59.2 Å². The number of hydrogen-bond acceptors (Lipinski definition) is 7. The number of aliphatic carboxylic acids is 1. The minimum atomic E-state index is -0.931. The number of allylic oxidation sites excluding steroid dienone is 2. The molecule has 2 rings (SSSR count). The summed E-state index contributed by atoms with van der Waals surface area (Å²) >= 11 is 1.68. The van der Waals surface area contributed by atoms with Gasteiger partial charge >= 0.3 is 5.97 Å². The van der Waals surface area contributed by atoms with Crippen molar-refractivity contribution < 1.29 is 19.7 Å². The summed E-state index contributed by atoms with van der Waals surface area (Å²) in [7, 11) is 3.36. The first kappa shape index (κ1) is 27.3. The Bertz CT molecular complexity index is 805. The van der Waals surface area contributed by atoms with Crippen LogP contribution in [0.25, 0.3) is 0 Å². The molecule has 0 aliphatic heterocycles. The van der Waals surface area contributed by atoms with Gasteiger partial charge in [-0.2, -0.15) is 0 Å². The Kier molecular flexibility index (Phi) is 11.8. The highest BCUT2D eigenvalue weighted by Gasteiger charge is 2.26. The third-order valence-electron chi connectivity index (χ3n) is 5.87. The van der Waals surface area contributed by atoms with E-state index in [4.69, 9.17) is 9.84 Å². The quantitative estimate of drug-likeness (QED) is 0.225. The van der Waals surface area contributed by atoms with E-state index in [0.717, 1.165) is 55.9 Å². The number of carboxylic acid groups (broad SMARTS) is 1. The van der Waals surface area contributed by atoms with Gasteiger partial charge in [-0.15, -0.1) is 18.3 Å². The zero-order valence-electron chi connectivity index (χ0n) is 19.7. The summed E-state index contributed by atoms with van der Waals surface area (Å²) < 4.78 is 5.43. The summed E-state index contributed by atoms with van der Waals surface area (Å²) in [5.41, 5.74) is 3.21. The molecule has 8 heteroatoms. The maximum Gasteiger partial charge on any atom is 0.317 e. The summed E-state index contributed by atoms with van der Waals surface area (Å²) in [4.78, 5) is 18.9. The standard InChI is InChI=1S/C25H37N3O4S/c1-5-13-28(18-33-17-23(26-2)21-7-6-8-22(14-21)32-4)15-19-9-11-20(12-10-19)25(31)27(3)16-24(29)30/h5-7,9,14,17,20,22,25,31H,1-2,8,10-13,15-16,18H2,3-4H3,(H,29,30)/b23-17-. The number of carboxylic acids is 1. The van der Waals surface area contributed by atoms with Crippen molar-refractivity contribution in [3.63, 3.8) is 0 Å². The van der Waals surface area contributed by atoms with Crippen LogP contribution in [0.15, 0.2) is 64.2 Å². The van der Waals surface area contributed by atoms with Crippen LogP contribution in [-0.4, -0.2) is 84.7 Å². The van der Waals surface area contributed by atoms with Crippen LogP contribution in [0.5, 0.6) is 0 Å². The summed E-state index contributed by atoms with van der Waals surface area (Å²) in [6, 6.07) is 0. The largest absolute Gasteiger partial charge is 0.480 e. The number of nitrogens with zero attached hydrogens (tertiary/aromatic N) is 3. The molecule has 0 fully saturated rings. The normalized spacial score (nSPS) is 22.2. The predicted octanol–water partition coefficient (Wildman–Crippen LogP) is 3.67. The second-order valence-corrected chi connectivity index (χ2v) is 9.24. The highest BCUT2D eigenvalue weighted by molar-refractivity contribution is 8.02. The number of aliphatic imine (C=N–C) groups is 1. The van der Waals surface area contributed by atoms with Crippen molar-refractivity contribution in [1.82, 2.24) is 9.80 Å². The van der Waals surface area contributed by atoms with Gasteiger partial charge in [0.25, 0.3) is 0 Å². The number of thioether (sulfide) groups is 1. The molecule has 0 saturated carbocycles. The van der Waals surface area contributed by atoms with E-state index in [9.17, 15) is 9.90 Å². The molecular formula is C25H37N3O4S. The van der Waals surface area contributed by atoms with Crippen LogP contribution in [0.3, 0.4) is 0 Å². The zero-order valence-corrected chi connectivity index (χ0v) is 20.5. The van der Waals surface area contributed by atoms with Gasteiger partial charge in [0.2, 0.25) is 0 Å². The van der Waals surface area contributed by atoms with E-state index in [1.807, 2.05) is 11.5 Å². The Labute approximate surface area is 201 Å². The van der Waals surface area contributed by atoms with E-state index in [1.54, 1.807) is 25.9 Å². The summed E-state index contributed by atoms with van der Waals surface area (Å²) in [5, 5.41) is 21.4. The van der Waals surface area contributed by atoms with Gasteiger partial charge in [-0.25, -0.2) is 0 Å². The lowest BCUT2D eigenvalue weighted by Gasteiger charge is -2.32. The fourth-order valence-electron chi connectivity index (χ4n) is 4.03. The molecule has 0 heterocycles. The second-order valence-electron chi connectivity index (χ2n) is 8.41. The van der Waals surface area contributed by atoms with Crippen LogP contribution in [0.1, 0.15) is 25.7 Å². The molecule has 3 unspecified atom stereocenters. The van der Waals surface area contributed by atoms with Crippen LogP contribution < -0.4 is 0 Å². The predicted molar refractivity (Wildman–Crippen MR) is 136 cm³/mol. The lowest BCUT2D eigenvalue weighted by molar-refractivity contribution is -0.141. The first-order valence-electron chi connectivity index (χ1n) is 11.2. The van der Waals surface area contributed by atoms with Gasteiger partial charge in [0.1, 0.15) is 6.23 Å². The molecule has 0 radical (unpaired) electrons. The van der Waals surface area contributed by atoms with E-state index in [1.165, 1.54) is 10.5 Å². The van der Waals surface area contributed by atoms with Crippen LogP contribution in [-0.2, 0) is 9.53 Å². The molecule has 2 N–H and O–H groups in total. The third kappa shape index (κ3) is 9.06. The second kappa shape index (κ2) is 14.3. The average molecular weight is 476 g/mol. The fraction of sp³-hybridized carbons (Fsp3) is 0.520. The van der Waals surface area contributed by atoms with E-state index in [0.29, 0.717) is 0 Å². The summed E-state index contributed by atoms with van der Waals surface area (Å²) in [6.07, 6.45) is 13.0. The maximum atomic E-state index is 10.9. The SMILES string of the molecule is C=CCN(CS/C=C(\N=C)C1=CC(OC)CC=C1)CC1=CCC(C(O)N(C)CC(=O)O)CC1. The van der Waals surface area contributed by atoms with Gasteiger partial charge in [0, 0.05) is 32.0 Å². The van der Waals surface area contributed by atoms with Crippen LogP contribution in [0, 0.1) is 5.92 Å². The van der Waals surface area contributed by atoms with Gasteiger partial charge in [-0.1, -0.05) is 29.9 Å². The van der Waals surface area contributed by atoms with Crippen molar-refractivity contribution in [2.24, 2.45) is 10.9 Å². The molecule has 0 bridgehead atoms. The molecule has 182 valence electrons. The van der Waals surface area contributed by atoms with E-state index in [-0.39, 0.29) is 18.6 Å². The number of likely N-dealkylation sites (N-methyl/N-ethyl adjacent to an activating group) is 1. The molecule has 0 saturated heterocycles. The number of rotatable bonds is 14. The van der Waals surface area contributed by atoms with E-state index >= 15 is 0 Å². The minimum absolute atomic E-state index is 0.0530. The molecule has 0 spiro atoms. The van der Waals surface area contributed by atoms with Crippen LogP contribution in [0.4, 0.5) is 0 Å². The highest BCUT2D eigenvalue weighted by atomic mass is 32.2. The average Bonchev–Trinajstić information content (AvgIpc) is 2.81. The van der Waals surface area contributed by atoms with Crippen molar-refractivity contribution >= 4 is 24.4 Å². The van der Waals surface area contributed by atoms with Crippen molar-refractivity contribution in [1.29, 1.82) is 0 Å². The molecule has 0 amide bonds. The Hall–Kier alpha value is -1.97. The smallest absolute Gasteiger partial charge is 0.317 e. The lowest BCUT2D eigenvalue weighted by atomic mass is 9.87. The van der Waals surface area contributed by atoms with E-state index in [2.05, 4.69) is 47.5 Å². The van der Waals surface area contributed by atoms with Crippen molar-refractivity contribution in [2.75, 3.05) is 39.7 Å². The fourth-order valence-corrected chi connectivity index (χ4v) is 4.88. The number of aliphatic hydroxyl groups is 1. The molecular weight excluding hydrogens is 438 g/mol. The Morgan fingerprint density at radius 1 is 1.45 bits per heavy atom. The van der Waals surface area contributed by atoms with E-state index < -0.39 is 12.2 Å². The van der Waals surface area contributed by atoms with Gasteiger partial charge in [0.15, 0.2) is 0 Å². The van der Waals surface area contributed by atoms with Crippen LogP contribution >= 0.6 is 11.8 Å². The molecule has 2 aliphatic carbocycles. The Balaban J connectivity index is 1.91. The molecule has 0 aromatic carbocycles. The maximum absolute atomic E-state index is 10.9. The molecule has 0 aromatic rings. The zero-order chi connectivity index (χ0) is 24.2. The van der Waals surface area contributed by atoms with Crippen molar-refractivity contribution in [3.8, 4) is 0 Å². The number of methoxy groups -OCH3 is 1. The minimum Gasteiger partial charge on any atom is -0.480 e. The summed E-state index contributed by atoms with van der Waals surface area (Å²) in [5.74, 6) is -0.0860. The molecule has 33 heavy (non-hydrogen) atoms. The Morgan fingerprint density at radius 3 is 2.85 bits per heavy atom. The monoisotopic (exact) mass is 475 g/mol. The molecule has 0 aromatic heterocycles. The van der Waals surface area contributed by atoms with Gasteiger partial charge in [-0.3, -0.25) is 19.6 Å². The van der Waals surface area contributed by atoms with Crippen LogP contribution in [0.2, 0.25) is 0 Å².